The van der Waals surface area contributed by atoms with Gasteiger partial charge in [-0.05, 0) is 103 Å². The standard InChI is InChI=1S/C54H88O24/c1-49(2)14-15-54(48(70)78-45-39(67)37(65)33(61)25(19-56)72-45)23(16-49)22-8-9-29-51(5)12-11-31(50(3,4)28(51)10-13-52(29,6)53(22,7)17-30(54)59)75-46-40(68)42(34(62)26(20-57)73-46)77-47-41(69)43(35(63)27(21-58)74-47)76-44-38(66)36(64)32(60)24(18-55)71-44/h8,23-47,55-69H,9-21H2,1-7H3/t23-,24+,25+,26+,27+,28-,29+,30+,31-,32+,33+,34-,35+,36-,37-,38+,39+,40+,41+,42-,43-,44-,45-,46-,47-,51-,52+,53+,54+/m0/s1. The maximum absolute atomic E-state index is 14.8. The Labute approximate surface area is 453 Å². The van der Waals surface area contributed by atoms with Crippen LogP contribution < -0.4 is 0 Å². The Bertz CT molecular complexity index is 2150. The normalized spacial score (nSPS) is 53.9. The second-order valence-electron chi connectivity index (χ2n) is 26.4. The minimum atomic E-state index is -1.99. The number of hydrogen-bond acceptors (Lipinski definition) is 24. The van der Waals surface area contributed by atoms with E-state index >= 15 is 0 Å². The molecule has 8 fully saturated rings. The average Bonchev–Trinajstić information content (AvgIpc) is 2.60. The number of esters is 1. The van der Waals surface area contributed by atoms with Gasteiger partial charge in [-0.25, -0.2) is 0 Å². The highest BCUT2D eigenvalue weighted by atomic mass is 16.8. The van der Waals surface area contributed by atoms with Gasteiger partial charge in [-0.2, -0.15) is 0 Å². The summed E-state index contributed by atoms with van der Waals surface area (Å²) in [5.41, 5.74) is -2.39. The lowest BCUT2D eigenvalue weighted by Gasteiger charge is -2.71. The van der Waals surface area contributed by atoms with Crippen LogP contribution in [0.2, 0.25) is 0 Å². The Balaban J connectivity index is 0.929. The second kappa shape index (κ2) is 22.1. The molecule has 15 N–H and O–H groups in total. The van der Waals surface area contributed by atoms with Crippen LogP contribution in [0.5, 0.6) is 0 Å². The first-order valence-corrected chi connectivity index (χ1v) is 27.9. The average molecular weight is 1120 g/mol. The van der Waals surface area contributed by atoms with Gasteiger partial charge in [-0.1, -0.05) is 60.1 Å². The molecule has 4 aliphatic heterocycles. The van der Waals surface area contributed by atoms with Gasteiger partial charge in [0.1, 0.15) is 103 Å². The fourth-order valence-electron chi connectivity index (χ4n) is 16.6. The number of fused-ring (bicyclic) bond motifs is 7. The molecule has 0 radical (unpaired) electrons. The fraction of sp³-hybridized carbons (Fsp3) is 0.944. The van der Waals surface area contributed by atoms with Gasteiger partial charge >= 0.3 is 5.97 Å². The lowest BCUT2D eigenvalue weighted by Crippen LogP contribution is -2.68. The molecule has 0 unspecified atom stereocenters. The second-order valence-corrected chi connectivity index (χ2v) is 26.4. The zero-order valence-corrected chi connectivity index (χ0v) is 45.6. The fourth-order valence-corrected chi connectivity index (χ4v) is 16.6. The van der Waals surface area contributed by atoms with Crippen LogP contribution in [-0.2, 0) is 42.7 Å². The molecule has 0 aromatic carbocycles. The smallest absolute Gasteiger partial charge is 0.317 e. The summed E-state index contributed by atoms with van der Waals surface area (Å²) in [5, 5.41) is 162. The van der Waals surface area contributed by atoms with Crippen LogP contribution in [0, 0.1) is 50.2 Å². The van der Waals surface area contributed by atoms with Crippen molar-refractivity contribution >= 4 is 5.97 Å². The number of aliphatic hydroxyl groups excluding tert-OH is 15. The molecule has 5 aliphatic carbocycles. The Kier molecular flexibility index (Phi) is 17.2. The molecular weight excluding hydrogens is 1030 g/mol. The lowest BCUT2D eigenvalue weighted by atomic mass is 9.33. The molecule has 0 spiro atoms. The molecule has 9 aliphatic rings. The number of ether oxygens (including phenoxy) is 8. The van der Waals surface area contributed by atoms with Gasteiger partial charge < -0.3 is 114 Å². The van der Waals surface area contributed by atoms with Crippen LogP contribution in [0.4, 0.5) is 0 Å². The number of carbonyl (C=O) groups excluding carboxylic acids is 1. The van der Waals surface area contributed by atoms with E-state index in [0.29, 0.717) is 38.5 Å². The lowest BCUT2D eigenvalue weighted by molar-refractivity contribution is -0.385. The van der Waals surface area contributed by atoms with E-state index in [1.807, 2.05) is 0 Å². The minimum absolute atomic E-state index is 0.0374. The van der Waals surface area contributed by atoms with E-state index in [-0.39, 0.29) is 34.5 Å². The first kappa shape index (κ1) is 60.9. The Hall–Kier alpha value is -1.67. The molecule has 448 valence electrons. The summed E-state index contributed by atoms with van der Waals surface area (Å²) in [6, 6.07) is 0. The van der Waals surface area contributed by atoms with Gasteiger partial charge in [0, 0.05) is 0 Å². The molecule has 0 bridgehead atoms. The summed E-state index contributed by atoms with van der Waals surface area (Å²) >= 11 is 0. The van der Waals surface area contributed by atoms with Crippen molar-refractivity contribution in [3.05, 3.63) is 11.6 Å². The van der Waals surface area contributed by atoms with Crippen molar-refractivity contribution in [2.24, 2.45) is 50.2 Å². The maximum atomic E-state index is 14.8. The molecule has 78 heavy (non-hydrogen) atoms. The van der Waals surface area contributed by atoms with Crippen molar-refractivity contribution in [1.29, 1.82) is 0 Å². The third-order valence-electron chi connectivity index (χ3n) is 21.4. The summed E-state index contributed by atoms with van der Waals surface area (Å²) in [4.78, 5) is 14.8. The van der Waals surface area contributed by atoms with Gasteiger partial charge in [0.05, 0.1) is 38.6 Å². The van der Waals surface area contributed by atoms with Crippen molar-refractivity contribution in [1.82, 2.24) is 0 Å². The van der Waals surface area contributed by atoms with Crippen LogP contribution in [-0.4, -0.2) is 244 Å². The molecular formula is C54H88O24. The van der Waals surface area contributed by atoms with Gasteiger partial charge in [0.15, 0.2) is 18.9 Å². The molecule has 4 saturated carbocycles. The van der Waals surface area contributed by atoms with Crippen molar-refractivity contribution < 1.29 is 119 Å². The quantitative estimate of drug-likeness (QED) is 0.0524. The summed E-state index contributed by atoms with van der Waals surface area (Å²) in [7, 11) is 0. The molecule has 0 amide bonds. The summed E-state index contributed by atoms with van der Waals surface area (Å²) in [6.07, 6.45) is -28.4. The molecule has 4 heterocycles. The Morgan fingerprint density at radius 2 is 1.00 bits per heavy atom. The van der Waals surface area contributed by atoms with Crippen molar-refractivity contribution in [3.8, 4) is 0 Å². The highest BCUT2D eigenvalue weighted by molar-refractivity contribution is 5.80. The van der Waals surface area contributed by atoms with Gasteiger partial charge in [-0.15, -0.1) is 0 Å². The predicted molar refractivity (Wildman–Crippen MR) is 264 cm³/mol. The number of aliphatic hydroxyl groups is 15. The monoisotopic (exact) mass is 1120 g/mol. The summed E-state index contributed by atoms with van der Waals surface area (Å²) in [5.74, 6) is -1.08. The highest BCUT2D eigenvalue weighted by Crippen LogP contribution is 2.76. The first-order chi connectivity index (χ1) is 36.5. The van der Waals surface area contributed by atoms with E-state index < -0.39 is 190 Å². The number of allylic oxidation sites excluding steroid dienone is 2. The molecule has 29 atom stereocenters. The van der Waals surface area contributed by atoms with Crippen LogP contribution in [0.25, 0.3) is 0 Å². The van der Waals surface area contributed by atoms with E-state index in [4.69, 9.17) is 37.9 Å². The van der Waals surface area contributed by atoms with E-state index in [1.165, 1.54) is 0 Å². The van der Waals surface area contributed by atoms with Gasteiger partial charge in [0.25, 0.3) is 0 Å². The molecule has 0 aromatic rings. The zero-order chi connectivity index (χ0) is 57.1. The van der Waals surface area contributed by atoms with Crippen LogP contribution >= 0.6 is 0 Å². The zero-order valence-electron chi connectivity index (χ0n) is 45.6. The van der Waals surface area contributed by atoms with E-state index in [1.54, 1.807) is 0 Å². The Morgan fingerprint density at radius 3 is 1.53 bits per heavy atom. The maximum Gasteiger partial charge on any atom is 0.317 e. The number of carbonyl (C=O) groups is 1. The van der Waals surface area contributed by atoms with Crippen LogP contribution in [0.15, 0.2) is 11.6 Å². The largest absolute Gasteiger partial charge is 0.432 e. The highest BCUT2D eigenvalue weighted by Gasteiger charge is 2.72. The van der Waals surface area contributed by atoms with Crippen molar-refractivity contribution in [2.45, 2.75) is 241 Å². The van der Waals surface area contributed by atoms with Gasteiger partial charge in [0.2, 0.25) is 6.29 Å². The topological polar surface area (TPSA) is 394 Å². The van der Waals surface area contributed by atoms with Crippen molar-refractivity contribution in [3.63, 3.8) is 0 Å². The SMILES string of the molecule is CC1(C)CC[C@]2(C(=O)O[C@@H]3O[C@H](CO)[C@@H](O)[C@H](O)[C@H]3O)[C@H](O)C[C@]3(C)C(=CC[C@@H]4[C@@]5(C)CC[C@H](O[C@@H]6O[C@H](CO)[C@H](O)[C@H](O[C@@H]7O[C@H](CO)[C@@H](O)[C@H](O[C@@H]8O[C@H](CO)[C@@H](O)[C@H](O)[C@H]8O)[C@H]7O)[C@H]6O)C(C)(C)[C@@H]5CC[C@]43C)[C@@H]2C1. The molecule has 24 nitrogen and oxygen atoms in total. The minimum Gasteiger partial charge on any atom is -0.432 e. The van der Waals surface area contributed by atoms with E-state index in [2.05, 4.69) is 54.5 Å². The number of hydrogen-bond donors (Lipinski definition) is 15. The molecule has 9 rings (SSSR count). The molecule has 24 heteroatoms. The van der Waals surface area contributed by atoms with Gasteiger partial charge in [-0.3, -0.25) is 4.79 Å². The Morgan fingerprint density at radius 1 is 0.526 bits per heavy atom. The predicted octanol–water partition coefficient (Wildman–Crippen LogP) is -3.06. The first-order valence-electron chi connectivity index (χ1n) is 27.9. The molecule has 4 saturated heterocycles. The van der Waals surface area contributed by atoms with E-state index in [0.717, 1.165) is 18.4 Å². The van der Waals surface area contributed by atoms with Crippen molar-refractivity contribution in [2.75, 3.05) is 26.4 Å². The third kappa shape index (κ3) is 9.67. The summed E-state index contributed by atoms with van der Waals surface area (Å²) < 4.78 is 47.3. The summed E-state index contributed by atoms with van der Waals surface area (Å²) in [6.45, 7) is 12.3. The number of rotatable bonds is 12. The third-order valence-corrected chi connectivity index (χ3v) is 21.4. The van der Waals surface area contributed by atoms with Crippen LogP contribution in [0.3, 0.4) is 0 Å². The van der Waals surface area contributed by atoms with E-state index in [9.17, 15) is 81.4 Å². The molecule has 0 aromatic heterocycles. The van der Waals surface area contributed by atoms with Crippen LogP contribution in [0.1, 0.15) is 106 Å².